The maximum Gasteiger partial charge on any atom is 0.327 e. The smallest absolute Gasteiger partial charge is 0.327 e. The zero-order valence-corrected chi connectivity index (χ0v) is 21.8. The molecule has 0 atom stereocenters. The monoisotopic (exact) mass is 538 g/mol. The third kappa shape index (κ3) is 7.05. The molecule has 2 aromatic carbocycles. The Labute approximate surface area is 221 Å². The third-order valence-corrected chi connectivity index (χ3v) is 7.50. The second-order valence-corrected chi connectivity index (χ2v) is 10.4. The third-order valence-electron chi connectivity index (χ3n) is 6.31. The van der Waals surface area contributed by atoms with E-state index in [1.165, 1.54) is 12.1 Å². The van der Waals surface area contributed by atoms with Gasteiger partial charge >= 0.3 is 5.97 Å². The summed E-state index contributed by atoms with van der Waals surface area (Å²) < 4.78 is 24.2. The Morgan fingerprint density at radius 1 is 1.00 bits per heavy atom. The van der Waals surface area contributed by atoms with Crippen molar-refractivity contribution >= 4 is 33.5 Å². The van der Waals surface area contributed by atoms with Crippen LogP contribution >= 0.6 is 0 Å². The topological polar surface area (TPSA) is 134 Å². The Kier molecular flexibility index (Phi) is 8.87. The molecular formula is C26H30N6O5S. The lowest BCUT2D eigenvalue weighted by Gasteiger charge is -2.37. The minimum Gasteiger partial charge on any atom is -0.371 e. The van der Waals surface area contributed by atoms with Crippen LogP contribution in [-0.4, -0.2) is 63.0 Å². The van der Waals surface area contributed by atoms with E-state index in [4.69, 9.17) is 0 Å². The maximum atomic E-state index is 12.5. The summed E-state index contributed by atoms with van der Waals surface area (Å²) in [5.41, 5.74) is 1.50. The van der Waals surface area contributed by atoms with Crippen LogP contribution in [0.1, 0.15) is 29.6 Å². The molecule has 3 aromatic rings. The van der Waals surface area contributed by atoms with Crippen molar-refractivity contribution in [3.8, 4) is 0 Å². The molecule has 11 nitrogen and oxygen atoms in total. The van der Waals surface area contributed by atoms with Crippen LogP contribution in [0.5, 0.6) is 0 Å². The number of carbonyl (C=O) groups excluding carboxylic acids is 2. The number of benzene rings is 2. The van der Waals surface area contributed by atoms with Crippen LogP contribution in [0.3, 0.4) is 0 Å². The molecule has 2 N–H and O–H groups in total. The summed E-state index contributed by atoms with van der Waals surface area (Å²) in [6.07, 6.45) is 5.23. The Bertz CT molecular complexity index is 1320. The van der Waals surface area contributed by atoms with Gasteiger partial charge in [0.1, 0.15) is 0 Å². The molecule has 0 bridgehead atoms. The number of nitrogens with zero attached hydrogens (tertiary/aromatic N) is 4. The Morgan fingerprint density at radius 2 is 1.66 bits per heavy atom. The molecule has 0 saturated carbocycles. The fourth-order valence-electron chi connectivity index (χ4n) is 4.15. The van der Waals surface area contributed by atoms with Gasteiger partial charge in [-0.05, 0) is 60.2 Å². The molecular weight excluding hydrogens is 508 g/mol. The number of rotatable bonds is 10. The van der Waals surface area contributed by atoms with Gasteiger partial charge in [0, 0.05) is 56.4 Å². The number of sulfonamides is 1. The maximum absolute atomic E-state index is 12.5. The molecule has 1 fully saturated rings. The van der Waals surface area contributed by atoms with Crippen LogP contribution in [-0.2, 0) is 19.7 Å². The first-order valence-electron chi connectivity index (χ1n) is 12.2. The van der Waals surface area contributed by atoms with Crippen molar-refractivity contribution in [2.45, 2.75) is 30.2 Å². The van der Waals surface area contributed by atoms with Crippen LogP contribution in [0, 0.1) is 0 Å². The van der Waals surface area contributed by atoms with E-state index in [1.807, 2.05) is 19.2 Å². The molecule has 1 aliphatic rings. The van der Waals surface area contributed by atoms with Crippen LogP contribution in [0.15, 0.2) is 78.0 Å². The first-order chi connectivity index (χ1) is 18.3. The molecule has 1 aliphatic heterocycles. The molecule has 0 aliphatic carbocycles. The molecule has 0 spiro atoms. The summed E-state index contributed by atoms with van der Waals surface area (Å²) in [6, 6.07) is 17.0. The summed E-state index contributed by atoms with van der Waals surface area (Å²) in [5.74, 6) is -0.423. The molecule has 12 heteroatoms. The van der Waals surface area contributed by atoms with E-state index >= 15 is 0 Å². The Hall–Kier alpha value is -4.03. The molecule has 0 unspecified atom stereocenters. The number of carbonyl (C=O) groups is 2. The number of anilines is 2. The van der Waals surface area contributed by atoms with Gasteiger partial charge in [-0.1, -0.05) is 18.2 Å². The van der Waals surface area contributed by atoms with Crippen molar-refractivity contribution in [2.75, 3.05) is 36.5 Å². The van der Waals surface area contributed by atoms with E-state index in [-0.39, 0.29) is 23.8 Å². The highest BCUT2D eigenvalue weighted by Gasteiger charge is 2.24. The summed E-state index contributed by atoms with van der Waals surface area (Å²) >= 11 is 0. The standard InChI is InChI=1S/C26H30N6O5S/c1-31(26-28-15-5-16-29-26)21-13-18-32(19-14-21)22-10-8-20(9-11-22)25(34)27-17-12-24(33)37-30-38(35,36)23-6-3-2-4-7-23/h2-11,15-16,21,30H,12-14,17-19H2,1H3,(H,27,34). The second-order valence-electron chi connectivity index (χ2n) is 8.80. The highest BCUT2D eigenvalue weighted by Crippen LogP contribution is 2.24. The van der Waals surface area contributed by atoms with Gasteiger partial charge in [-0.2, -0.15) is 0 Å². The van der Waals surface area contributed by atoms with E-state index in [0.29, 0.717) is 11.6 Å². The van der Waals surface area contributed by atoms with Gasteiger partial charge in [0.2, 0.25) is 5.95 Å². The highest BCUT2D eigenvalue weighted by atomic mass is 32.2. The largest absolute Gasteiger partial charge is 0.371 e. The summed E-state index contributed by atoms with van der Waals surface area (Å²) in [4.78, 5) is 43.8. The number of nitrogens with one attached hydrogen (secondary N) is 2. The van der Waals surface area contributed by atoms with Crippen LogP contribution in [0.2, 0.25) is 0 Å². The van der Waals surface area contributed by atoms with E-state index in [1.54, 1.807) is 53.7 Å². The summed E-state index contributed by atoms with van der Waals surface area (Å²) in [7, 11) is -1.95. The molecule has 200 valence electrons. The van der Waals surface area contributed by atoms with Gasteiger partial charge in [-0.25, -0.2) is 18.4 Å². The van der Waals surface area contributed by atoms with Crippen molar-refractivity contribution in [3.05, 3.63) is 78.6 Å². The lowest BCUT2D eigenvalue weighted by Crippen LogP contribution is -2.44. The van der Waals surface area contributed by atoms with E-state index in [2.05, 4.69) is 29.9 Å². The second kappa shape index (κ2) is 12.5. The molecule has 1 saturated heterocycles. The first kappa shape index (κ1) is 27.0. The number of hydrogen-bond donors (Lipinski definition) is 2. The molecule has 38 heavy (non-hydrogen) atoms. The zero-order valence-electron chi connectivity index (χ0n) is 21.0. The van der Waals surface area contributed by atoms with Gasteiger partial charge in [-0.15, -0.1) is 0 Å². The van der Waals surface area contributed by atoms with Gasteiger partial charge in [0.25, 0.3) is 15.9 Å². The molecule has 1 amide bonds. The minimum atomic E-state index is -3.97. The Morgan fingerprint density at radius 3 is 2.32 bits per heavy atom. The van der Waals surface area contributed by atoms with Crippen molar-refractivity contribution in [1.29, 1.82) is 0 Å². The zero-order chi connectivity index (χ0) is 27.0. The average Bonchev–Trinajstić information content (AvgIpc) is 2.97. The molecule has 2 heterocycles. The normalized spacial score (nSPS) is 14.1. The van der Waals surface area contributed by atoms with Crippen LogP contribution in [0.4, 0.5) is 11.6 Å². The van der Waals surface area contributed by atoms with Crippen molar-refractivity contribution in [2.24, 2.45) is 0 Å². The van der Waals surface area contributed by atoms with Crippen molar-refractivity contribution < 1.29 is 22.8 Å². The summed E-state index contributed by atoms with van der Waals surface area (Å²) in [6.45, 7) is 1.76. The number of aromatic nitrogens is 2. The van der Waals surface area contributed by atoms with Gasteiger partial charge < -0.3 is 20.0 Å². The predicted octanol–water partition coefficient (Wildman–Crippen LogP) is 2.14. The minimum absolute atomic E-state index is 0.00135. The van der Waals surface area contributed by atoms with Gasteiger partial charge in [-0.3, -0.25) is 9.59 Å². The van der Waals surface area contributed by atoms with Gasteiger partial charge in [0.05, 0.1) is 11.3 Å². The molecule has 0 radical (unpaired) electrons. The van der Waals surface area contributed by atoms with Crippen LogP contribution in [0.25, 0.3) is 0 Å². The summed E-state index contributed by atoms with van der Waals surface area (Å²) in [5, 5.41) is 2.64. The van der Waals surface area contributed by atoms with Gasteiger partial charge in [0.15, 0.2) is 0 Å². The number of hydrogen-bond acceptors (Lipinski definition) is 9. The predicted molar refractivity (Wildman–Crippen MR) is 142 cm³/mol. The molecule has 4 rings (SSSR count). The fraction of sp³-hybridized carbons (Fsp3) is 0.308. The quantitative estimate of drug-likeness (QED) is 0.372. The first-order valence-corrected chi connectivity index (χ1v) is 13.7. The van der Waals surface area contributed by atoms with E-state index < -0.39 is 16.0 Å². The number of amides is 1. The SMILES string of the molecule is CN(c1ncccn1)C1CCN(c2ccc(C(=O)NCCC(=O)ONS(=O)(=O)c3ccccc3)cc2)CC1. The lowest BCUT2D eigenvalue weighted by atomic mass is 10.0. The van der Waals surface area contributed by atoms with E-state index in [9.17, 15) is 18.0 Å². The highest BCUT2D eigenvalue weighted by molar-refractivity contribution is 7.89. The fourth-order valence-corrected chi connectivity index (χ4v) is 4.97. The van der Waals surface area contributed by atoms with Crippen molar-refractivity contribution in [3.63, 3.8) is 0 Å². The number of piperidine rings is 1. The van der Waals surface area contributed by atoms with Crippen LogP contribution < -0.4 is 20.0 Å². The van der Waals surface area contributed by atoms with Crippen molar-refractivity contribution in [1.82, 2.24) is 20.2 Å². The molecule has 1 aromatic heterocycles. The lowest BCUT2D eigenvalue weighted by molar-refractivity contribution is -0.146. The average molecular weight is 539 g/mol. The van der Waals surface area contributed by atoms with E-state index in [0.717, 1.165) is 37.6 Å². The Balaban J connectivity index is 1.19.